The Morgan fingerprint density at radius 2 is 2.05 bits per heavy atom. The summed E-state index contributed by atoms with van der Waals surface area (Å²) < 4.78 is 39.8. The van der Waals surface area contributed by atoms with Crippen molar-refractivity contribution in [2.45, 2.75) is 19.2 Å². The van der Waals surface area contributed by atoms with Crippen LogP contribution in [-0.2, 0) is 0 Å². The zero-order chi connectivity index (χ0) is 15.3. The highest BCUT2D eigenvalue weighted by Gasteiger charge is 2.31. The predicted octanol–water partition coefficient (Wildman–Crippen LogP) is 2.31. The molecule has 1 aromatic carbocycles. The van der Waals surface area contributed by atoms with Crippen LogP contribution in [0.1, 0.15) is 23.2 Å². The normalized spacial score (nSPS) is 18.5. The SMILES string of the molecule is O=C(NCCC1CCNC1)c1ccc(OC(F)(F)F)cc1. The number of carbonyl (C=O) groups is 1. The van der Waals surface area contributed by atoms with Gasteiger partial charge in [-0.25, -0.2) is 0 Å². The molecule has 0 bridgehead atoms. The molecule has 1 heterocycles. The molecule has 1 aliphatic heterocycles. The number of benzene rings is 1. The highest BCUT2D eigenvalue weighted by atomic mass is 19.4. The summed E-state index contributed by atoms with van der Waals surface area (Å²) >= 11 is 0. The molecule has 1 fully saturated rings. The van der Waals surface area contributed by atoms with E-state index >= 15 is 0 Å². The Morgan fingerprint density at radius 1 is 1.33 bits per heavy atom. The average molecular weight is 302 g/mol. The Bertz CT molecular complexity index is 468. The highest BCUT2D eigenvalue weighted by Crippen LogP contribution is 2.22. The first kappa shape index (κ1) is 15.6. The second-order valence-corrected chi connectivity index (χ2v) is 4.98. The van der Waals surface area contributed by atoms with Crippen molar-refractivity contribution in [2.24, 2.45) is 5.92 Å². The number of alkyl halides is 3. The van der Waals surface area contributed by atoms with E-state index < -0.39 is 6.36 Å². The standard InChI is InChI=1S/C14H17F3N2O2/c15-14(16,17)21-12-3-1-11(2-4-12)13(20)19-8-6-10-5-7-18-9-10/h1-4,10,18H,5-9H2,(H,19,20). The van der Waals surface area contributed by atoms with Crippen LogP contribution in [0.5, 0.6) is 5.75 Å². The van der Waals surface area contributed by atoms with E-state index in [9.17, 15) is 18.0 Å². The maximum Gasteiger partial charge on any atom is 0.573 e. The monoisotopic (exact) mass is 302 g/mol. The van der Waals surface area contributed by atoms with E-state index in [-0.39, 0.29) is 11.7 Å². The summed E-state index contributed by atoms with van der Waals surface area (Å²) in [4.78, 5) is 11.8. The minimum atomic E-state index is -4.72. The lowest BCUT2D eigenvalue weighted by molar-refractivity contribution is -0.274. The molecule has 1 amide bonds. The van der Waals surface area contributed by atoms with Gasteiger partial charge in [-0.1, -0.05) is 0 Å². The van der Waals surface area contributed by atoms with Crippen LogP contribution in [0.3, 0.4) is 0 Å². The molecule has 7 heteroatoms. The van der Waals surface area contributed by atoms with Gasteiger partial charge in [0.15, 0.2) is 0 Å². The number of nitrogens with one attached hydrogen (secondary N) is 2. The Hall–Kier alpha value is -1.76. The Balaban J connectivity index is 1.79. The number of hydrogen-bond donors (Lipinski definition) is 2. The van der Waals surface area contributed by atoms with E-state index in [1.807, 2.05) is 0 Å². The molecule has 0 aromatic heterocycles. The molecule has 0 saturated carbocycles. The molecular weight excluding hydrogens is 285 g/mol. The fourth-order valence-electron chi connectivity index (χ4n) is 2.26. The quantitative estimate of drug-likeness (QED) is 0.877. The van der Waals surface area contributed by atoms with Gasteiger partial charge in [0.1, 0.15) is 5.75 Å². The molecule has 2 N–H and O–H groups in total. The lowest BCUT2D eigenvalue weighted by Gasteiger charge is -2.11. The summed E-state index contributed by atoms with van der Waals surface area (Å²) in [5, 5.41) is 6.01. The van der Waals surface area contributed by atoms with Gasteiger partial charge in [-0.3, -0.25) is 4.79 Å². The molecule has 1 saturated heterocycles. The number of rotatable bonds is 5. The molecule has 0 radical (unpaired) electrons. The highest BCUT2D eigenvalue weighted by molar-refractivity contribution is 5.94. The number of halogens is 3. The van der Waals surface area contributed by atoms with E-state index in [1.165, 1.54) is 12.1 Å². The zero-order valence-electron chi connectivity index (χ0n) is 11.4. The van der Waals surface area contributed by atoms with E-state index in [0.29, 0.717) is 18.0 Å². The molecular formula is C14H17F3N2O2. The number of ether oxygens (including phenoxy) is 1. The molecule has 1 aromatic rings. The topological polar surface area (TPSA) is 50.4 Å². The van der Waals surface area contributed by atoms with Gasteiger partial charge in [0, 0.05) is 12.1 Å². The lowest BCUT2D eigenvalue weighted by Crippen LogP contribution is -2.26. The number of amides is 1. The fraction of sp³-hybridized carbons (Fsp3) is 0.500. The third-order valence-corrected chi connectivity index (χ3v) is 3.35. The largest absolute Gasteiger partial charge is 0.573 e. The summed E-state index contributed by atoms with van der Waals surface area (Å²) in [6, 6.07) is 4.88. The van der Waals surface area contributed by atoms with E-state index in [2.05, 4.69) is 15.4 Å². The third kappa shape index (κ3) is 5.26. The Kier molecular flexibility index (Phi) is 5.06. The van der Waals surface area contributed by atoms with Crippen LogP contribution in [0.25, 0.3) is 0 Å². The molecule has 1 aliphatic rings. The number of hydrogen-bond acceptors (Lipinski definition) is 3. The smallest absolute Gasteiger partial charge is 0.406 e. The molecule has 1 unspecified atom stereocenters. The van der Waals surface area contributed by atoms with Crippen molar-refractivity contribution in [3.05, 3.63) is 29.8 Å². The van der Waals surface area contributed by atoms with Gasteiger partial charge in [0.05, 0.1) is 0 Å². The average Bonchev–Trinajstić information content (AvgIpc) is 2.91. The van der Waals surface area contributed by atoms with Gasteiger partial charge in [0.25, 0.3) is 5.91 Å². The first-order valence-electron chi connectivity index (χ1n) is 6.79. The molecule has 1 atom stereocenters. The molecule has 21 heavy (non-hydrogen) atoms. The molecule has 0 spiro atoms. The van der Waals surface area contributed by atoms with Crippen LogP contribution in [0, 0.1) is 5.92 Å². The molecule has 0 aliphatic carbocycles. The second kappa shape index (κ2) is 6.80. The van der Waals surface area contributed by atoms with Crippen molar-refractivity contribution in [1.29, 1.82) is 0 Å². The maximum atomic E-state index is 12.0. The molecule has 4 nitrogen and oxygen atoms in total. The minimum Gasteiger partial charge on any atom is -0.406 e. The Labute approximate surface area is 120 Å². The summed E-state index contributed by atoms with van der Waals surface area (Å²) in [7, 11) is 0. The summed E-state index contributed by atoms with van der Waals surface area (Å²) in [5.74, 6) is -0.0524. The third-order valence-electron chi connectivity index (χ3n) is 3.35. The number of carbonyl (C=O) groups excluding carboxylic acids is 1. The van der Waals surface area contributed by atoms with Crippen molar-refractivity contribution in [3.63, 3.8) is 0 Å². The molecule has 116 valence electrons. The van der Waals surface area contributed by atoms with Crippen molar-refractivity contribution < 1.29 is 22.7 Å². The first-order chi connectivity index (χ1) is 9.94. The van der Waals surface area contributed by atoms with Gasteiger partial charge in [0.2, 0.25) is 0 Å². The van der Waals surface area contributed by atoms with E-state index in [0.717, 1.165) is 38.1 Å². The van der Waals surface area contributed by atoms with Crippen LogP contribution in [0.15, 0.2) is 24.3 Å². The van der Waals surface area contributed by atoms with Crippen molar-refractivity contribution in [3.8, 4) is 5.75 Å². The van der Waals surface area contributed by atoms with Crippen molar-refractivity contribution >= 4 is 5.91 Å². The summed E-state index contributed by atoms with van der Waals surface area (Å²) in [6.07, 6.45) is -2.72. The fourth-order valence-corrected chi connectivity index (χ4v) is 2.26. The van der Waals surface area contributed by atoms with E-state index in [1.54, 1.807) is 0 Å². The van der Waals surface area contributed by atoms with Gasteiger partial charge >= 0.3 is 6.36 Å². The first-order valence-corrected chi connectivity index (χ1v) is 6.79. The lowest BCUT2D eigenvalue weighted by atomic mass is 10.1. The van der Waals surface area contributed by atoms with Crippen LogP contribution < -0.4 is 15.4 Å². The van der Waals surface area contributed by atoms with Crippen molar-refractivity contribution in [1.82, 2.24) is 10.6 Å². The summed E-state index contributed by atoms with van der Waals surface area (Å²) in [6.45, 7) is 2.55. The minimum absolute atomic E-state index is 0.292. The van der Waals surface area contributed by atoms with Gasteiger partial charge in [-0.15, -0.1) is 13.2 Å². The van der Waals surface area contributed by atoms with Crippen LogP contribution in [0.2, 0.25) is 0 Å². The predicted molar refractivity (Wildman–Crippen MR) is 71.1 cm³/mol. The van der Waals surface area contributed by atoms with Gasteiger partial charge in [-0.2, -0.15) is 0 Å². The van der Waals surface area contributed by atoms with Crippen molar-refractivity contribution in [2.75, 3.05) is 19.6 Å². The summed E-state index contributed by atoms with van der Waals surface area (Å²) in [5.41, 5.74) is 0.314. The van der Waals surface area contributed by atoms with Gasteiger partial charge < -0.3 is 15.4 Å². The van der Waals surface area contributed by atoms with Crippen LogP contribution in [0.4, 0.5) is 13.2 Å². The van der Waals surface area contributed by atoms with Gasteiger partial charge in [-0.05, 0) is 56.1 Å². The van der Waals surface area contributed by atoms with Crippen LogP contribution >= 0.6 is 0 Å². The van der Waals surface area contributed by atoms with Crippen LogP contribution in [-0.4, -0.2) is 31.9 Å². The second-order valence-electron chi connectivity index (χ2n) is 4.98. The zero-order valence-corrected chi connectivity index (χ0v) is 11.4. The maximum absolute atomic E-state index is 12.0. The molecule has 2 rings (SSSR count). The van der Waals surface area contributed by atoms with E-state index in [4.69, 9.17) is 0 Å². The Morgan fingerprint density at radius 3 is 2.62 bits per heavy atom.